The van der Waals surface area contributed by atoms with Crippen LogP contribution in [-0.4, -0.2) is 0 Å². The molecule has 4 heteroatoms. The molecule has 3 aromatic rings. The molecule has 1 aliphatic rings. The minimum atomic E-state index is -0.316. The monoisotopic (exact) mass is 417 g/mol. The van der Waals surface area contributed by atoms with Crippen molar-refractivity contribution in [2.75, 3.05) is 0 Å². The summed E-state index contributed by atoms with van der Waals surface area (Å²) in [6.45, 7) is 4.27. The number of benzene rings is 3. The predicted molar refractivity (Wildman–Crippen MR) is 93.4 cm³/mol. The topological polar surface area (TPSA) is 9.23 Å². The van der Waals surface area contributed by atoms with Gasteiger partial charge in [0, 0.05) is 0 Å². The minimum absolute atomic E-state index is 0. The largest absolute Gasteiger partial charge is 1.00 e. The van der Waals surface area contributed by atoms with E-state index in [4.69, 9.17) is 3.32 Å². The molecule has 0 fully saturated rings. The van der Waals surface area contributed by atoms with Crippen molar-refractivity contribution < 1.29 is 49.0 Å². The second kappa shape index (κ2) is 8.29. The minimum Gasteiger partial charge on any atom is -1.00 e. The van der Waals surface area contributed by atoms with Crippen molar-refractivity contribution in [3.05, 3.63) is 95.1 Å². The molecule has 0 spiro atoms. The summed E-state index contributed by atoms with van der Waals surface area (Å²) in [6.07, 6.45) is 0. The molecular weight excluding hydrogens is 399 g/mol. The van der Waals surface area contributed by atoms with E-state index in [1.54, 1.807) is 20.8 Å². The van der Waals surface area contributed by atoms with E-state index in [2.05, 4.69) is 86.6 Å². The van der Waals surface area contributed by atoms with Crippen LogP contribution in [0.15, 0.2) is 72.8 Å². The van der Waals surface area contributed by atoms with Gasteiger partial charge < -0.3 is 24.8 Å². The summed E-state index contributed by atoms with van der Waals surface area (Å²) in [7, 11) is 0. The Bertz CT molecular complexity index is 862. The van der Waals surface area contributed by atoms with Crippen molar-refractivity contribution in [1.82, 2.24) is 0 Å². The average Bonchev–Trinajstić information content (AvgIpc) is 2.96. The van der Waals surface area contributed by atoms with E-state index in [1.165, 1.54) is 33.4 Å². The number of fused-ring (bicyclic) bond motifs is 3. The molecular formula is C22H19Cl2OTi. The summed E-state index contributed by atoms with van der Waals surface area (Å²) in [5.74, 6) is 0.267. The standard InChI is InChI=1S/C22H19O.2ClH.Ti/c1-22(2,23)20-14-8-7-13-19(20)21-17-11-5-3-9-15(17)16-10-4-6-12-18(16)21;;;/h3-14,21H,1-2H3;2*1H;/q-1;;;+3/p-2. The predicted octanol–water partition coefficient (Wildman–Crippen LogP) is -0.431. The van der Waals surface area contributed by atoms with Gasteiger partial charge in [0.15, 0.2) is 0 Å². The molecule has 0 aliphatic heterocycles. The Labute approximate surface area is 179 Å². The fraction of sp³-hybridized carbons (Fsp3) is 0.182. The van der Waals surface area contributed by atoms with Gasteiger partial charge in [0.1, 0.15) is 0 Å². The van der Waals surface area contributed by atoms with E-state index in [0.717, 1.165) is 0 Å². The van der Waals surface area contributed by atoms with Gasteiger partial charge in [0.05, 0.1) is 0 Å². The zero-order chi connectivity index (χ0) is 16.7. The van der Waals surface area contributed by atoms with Gasteiger partial charge in [-0.05, 0) is 0 Å². The summed E-state index contributed by atoms with van der Waals surface area (Å²) in [5, 5.41) is 0. The third-order valence-corrected chi connectivity index (χ3v) is 5.81. The molecule has 3 aromatic carbocycles. The van der Waals surface area contributed by atoms with Crippen molar-refractivity contribution in [2.24, 2.45) is 0 Å². The molecule has 131 valence electrons. The average molecular weight is 418 g/mol. The number of hydrogen-bond acceptors (Lipinski definition) is 1. The summed E-state index contributed by atoms with van der Waals surface area (Å²) in [6, 6.07) is 26.2. The van der Waals surface area contributed by atoms with Gasteiger partial charge in [-0.2, -0.15) is 0 Å². The smallest absolute Gasteiger partial charge is 1.00 e. The van der Waals surface area contributed by atoms with E-state index in [0.29, 0.717) is 0 Å². The first-order valence-corrected chi connectivity index (χ1v) is 8.89. The van der Waals surface area contributed by atoms with Crippen LogP contribution in [0.25, 0.3) is 11.1 Å². The van der Waals surface area contributed by atoms with Gasteiger partial charge in [-0.3, -0.25) is 0 Å². The third kappa shape index (κ3) is 3.40. The van der Waals surface area contributed by atoms with Crippen LogP contribution in [0.3, 0.4) is 0 Å². The SMILES string of the molecule is CC(C)([O][Ti+2])c1ccccc1C1c2ccccc2-c2ccccc21.[Cl-].[Cl-]. The Balaban J connectivity index is 0.00000121. The molecule has 0 amide bonds. The normalized spacial score (nSPS) is 12.6. The van der Waals surface area contributed by atoms with Gasteiger partial charge >= 0.3 is 156 Å². The maximum Gasteiger partial charge on any atom is -1.00 e. The van der Waals surface area contributed by atoms with Crippen LogP contribution in [-0.2, 0) is 29.7 Å². The third-order valence-electron chi connectivity index (χ3n) is 5.01. The second-order valence-electron chi connectivity index (χ2n) is 6.81. The van der Waals surface area contributed by atoms with Gasteiger partial charge in [-0.1, -0.05) is 0 Å². The number of hydrogen-bond donors (Lipinski definition) is 0. The molecule has 0 heterocycles. The maximum atomic E-state index is 5.80. The zero-order valence-electron chi connectivity index (χ0n) is 14.7. The first-order chi connectivity index (χ1) is 11.6. The fourth-order valence-electron chi connectivity index (χ4n) is 3.84. The molecule has 0 atom stereocenters. The quantitative estimate of drug-likeness (QED) is 0.411. The van der Waals surface area contributed by atoms with Gasteiger partial charge in [-0.25, -0.2) is 0 Å². The molecule has 0 saturated carbocycles. The summed E-state index contributed by atoms with van der Waals surface area (Å²) in [4.78, 5) is 0. The molecule has 26 heavy (non-hydrogen) atoms. The molecule has 1 nitrogen and oxygen atoms in total. The van der Waals surface area contributed by atoms with Crippen molar-refractivity contribution >= 4 is 0 Å². The Morgan fingerprint density at radius 2 is 1.12 bits per heavy atom. The maximum absolute atomic E-state index is 5.80. The number of rotatable bonds is 3. The van der Waals surface area contributed by atoms with Gasteiger partial charge in [0.2, 0.25) is 0 Å². The van der Waals surface area contributed by atoms with Gasteiger partial charge in [0.25, 0.3) is 0 Å². The zero-order valence-corrected chi connectivity index (χ0v) is 17.7. The Morgan fingerprint density at radius 3 is 1.62 bits per heavy atom. The van der Waals surface area contributed by atoms with Crippen molar-refractivity contribution in [2.45, 2.75) is 25.4 Å². The Hall–Kier alpha value is -1.09. The van der Waals surface area contributed by atoms with E-state index >= 15 is 0 Å². The molecule has 0 N–H and O–H groups in total. The summed E-state index contributed by atoms with van der Waals surface area (Å²) >= 11 is 1.79. The molecule has 0 radical (unpaired) electrons. The van der Waals surface area contributed by atoms with Gasteiger partial charge in [-0.15, -0.1) is 0 Å². The first kappa shape index (κ1) is 21.2. The molecule has 4 rings (SSSR count). The summed E-state index contributed by atoms with van der Waals surface area (Å²) in [5.41, 5.74) is 7.75. The fourth-order valence-corrected chi connectivity index (χ4v) is 4.01. The first-order valence-electron chi connectivity index (χ1n) is 8.26. The van der Waals surface area contributed by atoms with Crippen molar-refractivity contribution in [3.63, 3.8) is 0 Å². The molecule has 0 bridgehead atoms. The van der Waals surface area contributed by atoms with E-state index < -0.39 is 0 Å². The Morgan fingerprint density at radius 1 is 0.692 bits per heavy atom. The van der Waals surface area contributed by atoms with E-state index in [1.807, 2.05) is 0 Å². The van der Waals surface area contributed by atoms with Crippen LogP contribution < -0.4 is 24.8 Å². The van der Waals surface area contributed by atoms with Crippen LogP contribution in [0.2, 0.25) is 0 Å². The molecule has 0 unspecified atom stereocenters. The van der Waals surface area contributed by atoms with E-state index in [-0.39, 0.29) is 36.3 Å². The van der Waals surface area contributed by atoms with Crippen LogP contribution in [0.4, 0.5) is 0 Å². The molecule has 1 aliphatic carbocycles. The summed E-state index contributed by atoms with van der Waals surface area (Å²) < 4.78 is 5.80. The van der Waals surface area contributed by atoms with Crippen LogP contribution in [0, 0.1) is 0 Å². The number of halogens is 2. The van der Waals surface area contributed by atoms with Crippen LogP contribution in [0.1, 0.15) is 42.0 Å². The Kier molecular flexibility index (Phi) is 6.77. The van der Waals surface area contributed by atoms with Crippen molar-refractivity contribution in [1.29, 1.82) is 0 Å². The molecule has 0 saturated heterocycles. The second-order valence-corrected chi connectivity index (χ2v) is 7.13. The van der Waals surface area contributed by atoms with Crippen LogP contribution in [0.5, 0.6) is 0 Å². The van der Waals surface area contributed by atoms with Crippen LogP contribution >= 0.6 is 0 Å². The van der Waals surface area contributed by atoms with Crippen molar-refractivity contribution in [3.8, 4) is 11.1 Å². The van der Waals surface area contributed by atoms with E-state index in [9.17, 15) is 0 Å². The molecule has 0 aromatic heterocycles.